The molecule has 1 heterocycles. The Labute approximate surface area is 101 Å². The maximum absolute atomic E-state index is 13.1. The van der Waals surface area contributed by atoms with Crippen LogP contribution in [0.5, 0.6) is 0 Å². The van der Waals surface area contributed by atoms with E-state index in [1.807, 2.05) is 4.57 Å². The minimum atomic E-state index is -1.47. The molecule has 0 unspecified atom stereocenters. The van der Waals surface area contributed by atoms with Gasteiger partial charge in [-0.3, -0.25) is 0 Å². The van der Waals surface area contributed by atoms with Gasteiger partial charge in [0.15, 0.2) is 17.5 Å². The van der Waals surface area contributed by atoms with Gasteiger partial charge in [-0.25, -0.2) is 18.2 Å². The number of hydrogen-bond acceptors (Lipinski definition) is 2. The van der Waals surface area contributed by atoms with Crippen LogP contribution < -0.4 is 5.32 Å². The third-order valence-electron chi connectivity index (χ3n) is 2.85. The van der Waals surface area contributed by atoms with E-state index >= 15 is 0 Å². The fourth-order valence-electron chi connectivity index (χ4n) is 1.81. The van der Waals surface area contributed by atoms with Crippen molar-refractivity contribution in [1.82, 2.24) is 9.55 Å². The normalized spacial score (nSPS) is 14.8. The molecule has 1 fully saturated rings. The molecule has 0 amide bonds. The number of anilines is 2. The lowest BCUT2D eigenvalue weighted by atomic mass is 10.3. The highest BCUT2D eigenvalue weighted by molar-refractivity contribution is 5.54. The Morgan fingerprint density at radius 2 is 1.83 bits per heavy atom. The molecule has 6 heteroatoms. The molecule has 0 atom stereocenters. The SMILES string of the molecule is Fc1cc(Nc2nccn2C2CC2)cc(F)c1F. The predicted octanol–water partition coefficient (Wildman–Crippen LogP) is 3.38. The van der Waals surface area contributed by atoms with Crippen LogP contribution in [0.3, 0.4) is 0 Å². The van der Waals surface area contributed by atoms with Crippen LogP contribution in [-0.2, 0) is 0 Å². The molecular weight excluding hydrogens is 243 g/mol. The number of nitrogens with one attached hydrogen (secondary N) is 1. The first-order valence-corrected chi connectivity index (χ1v) is 5.59. The van der Waals surface area contributed by atoms with Crippen LogP contribution in [0.2, 0.25) is 0 Å². The van der Waals surface area contributed by atoms with Gasteiger partial charge in [-0.15, -0.1) is 0 Å². The molecule has 1 aromatic heterocycles. The molecule has 1 aromatic carbocycles. The molecule has 0 radical (unpaired) electrons. The average molecular weight is 253 g/mol. The maximum atomic E-state index is 13.1. The highest BCUT2D eigenvalue weighted by Gasteiger charge is 2.25. The molecule has 18 heavy (non-hydrogen) atoms. The Hall–Kier alpha value is -1.98. The molecule has 1 aliphatic carbocycles. The van der Waals surface area contributed by atoms with Crippen molar-refractivity contribution < 1.29 is 13.2 Å². The summed E-state index contributed by atoms with van der Waals surface area (Å²) in [5.41, 5.74) is 0.138. The molecule has 94 valence electrons. The second kappa shape index (κ2) is 4.04. The lowest BCUT2D eigenvalue weighted by molar-refractivity contribution is 0.448. The van der Waals surface area contributed by atoms with Gasteiger partial charge in [0.25, 0.3) is 0 Å². The second-order valence-electron chi connectivity index (χ2n) is 4.27. The molecule has 1 aliphatic rings. The number of rotatable bonds is 3. The molecule has 0 spiro atoms. The quantitative estimate of drug-likeness (QED) is 0.850. The zero-order valence-corrected chi connectivity index (χ0v) is 9.33. The molecular formula is C12H10F3N3. The van der Waals surface area contributed by atoms with Gasteiger partial charge in [-0.1, -0.05) is 0 Å². The Morgan fingerprint density at radius 1 is 1.17 bits per heavy atom. The molecule has 3 rings (SSSR count). The van der Waals surface area contributed by atoms with Gasteiger partial charge in [0.1, 0.15) is 0 Å². The van der Waals surface area contributed by atoms with Crippen molar-refractivity contribution in [2.24, 2.45) is 0 Å². The standard InChI is InChI=1S/C12H10F3N3/c13-9-5-7(6-10(14)11(9)15)17-12-16-3-4-18(12)8-1-2-8/h3-6,8H,1-2H2,(H,16,17). The Balaban J connectivity index is 1.90. The van der Waals surface area contributed by atoms with Crippen molar-refractivity contribution in [3.63, 3.8) is 0 Å². The minimum Gasteiger partial charge on any atom is -0.325 e. The number of hydrogen-bond donors (Lipinski definition) is 1. The van der Waals surface area contributed by atoms with Crippen molar-refractivity contribution in [3.8, 4) is 0 Å². The first kappa shape index (κ1) is 11.1. The largest absolute Gasteiger partial charge is 0.325 e. The topological polar surface area (TPSA) is 29.9 Å². The van der Waals surface area contributed by atoms with E-state index in [-0.39, 0.29) is 5.69 Å². The molecule has 1 N–H and O–H groups in total. The van der Waals surface area contributed by atoms with Crippen LogP contribution in [0, 0.1) is 17.5 Å². The van der Waals surface area contributed by atoms with Gasteiger partial charge < -0.3 is 9.88 Å². The highest BCUT2D eigenvalue weighted by atomic mass is 19.2. The van der Waals surface area contributed by atoms with Crippen molar-refractivity contribution in [2.75, 3.05) is 5.32 Å². The number of nitrogens with zero attached hydrogens (tertiary/aromatic N) is 2. The molecule has 2 aromatic rings. The average Bonchev–Trinajstić information content (AvgIpc) is 3.07. The van der Waals surface area contributed by atoms with Crippen molar-refractivity contribution in [3.05, 3.63) is 42.0 Å². The summed E-state index contributed by atoms with van der Waals surface area (Å²) in [4.78, 5) is 4.07. The first-order valence-electron chi connectivity index (χ1n) is 5.59. The van der Waals surface area contributed by atoms with Crippen LogP contribution in [0.15, 0.2) is 24.5 Å². The zero-order chi connectivity index (χ0) is 12.7. The van der Waals surface area contributed by atoms with Gasteiger partial charge in [-0.05, 0) is 12.8 Å². The molecule has 0 aliphatic heterocycles. The molecule has 0 saturated heterocycles. The monoisotopic (exact) mass is 253 g/mol. The zero-order valence-electron chi connectivity index (χ0n) is 9.33. The van der Waals surface area contributed by atoms with Crippen LogP contribution in [-0.4, -0.2) is 9.55 Å². The number of aromatic nitrogens is 2. The van der Waals surface area contributed by atoms with E-state index in [4.69, 9.17) is 0 Å². The van der Waals surface area contributed by atoms with Crippen molar-refractivity contribution in [1.29, 1.82) is 0 Å². The van der Waals surface area contributed by atoms with Gasteiger partial charge >= 0.3 is 0 Å². The fourth-order valence-corrected chi connectivity index (χ4v) is 1.81. The Bertz CT molecular complexity index is 567. The summed E-state index contributed by atoms with van der Waals surface area (Å²) in [5.74, 6) is -3.40. The summed E-state index contributed by atoms with van der Waals surface area (Å²) >= 11 is 0. The third kappa shape index (κ3) is 1.94. The van der Waals surface area contributed by atoms with E-state index in [9.17, 15) is 13.2 Å². The third-order valence-corrected chi connectivity index (χ3v) is 2.85. The van der Waals surface area contributed by atoms with E-state index in [0.717, 1.165) is 25.0 Å². The summed E-state index contributed by atoms with van der Waals surface area (Å²) in [6, 6.07) is 2.21. The Kier molecular flexibility index (Phi) is 2.50. The smallest absolute Gasteiger partial charge is 0.207 e. The van der Waals surface area contributed by atoms with Gasteiger partial charge in [-0.2, -0.15) is 0 Å². The van der Waals surface area contributed by atoms with E-state index < -0.39 is 17.5 Å². The lowest BCUT2D eigenvalue weighted by Crippen LogP contribution is -2.03. The van der Waals surface area contributed by atoms with E-state index in [2.05, 4.69) is 10.3 Å². The predicted molar refractivity (Wildman–Crippen MR) is 60.1 cm³/mol. The summed E-state index contributed by atoms with van der Waals surface area (Å²) in [6.07, 6.45) is 5.54. The van der Waals surface area contributed by atoms with E-state index in [0.29, 0.717) is 12.0 Å². The van der Waals surface area contributed by atoms with Crippen LogP contribution >= 0.6 is 0 Å². The van der Waals surface area contributed by atoms with Crippen LogP contribution in [0.25, 0.3) is 0 Å². The summed E-state index contributed by atoms with van der Waals surface area (Å²) in [6.45, 7) is 0. The summed E-state index contributed by atoms with van der Waals surface area (Å²) in [7, 11) is 0. The van der Waals surface area contributed by atoms with Crippen LogP contribution in [0.1, 0.15) is 18.9 Å². The van der Waals surface area contributed by atoms with Gasteiger partial charge in [0, 0.05) is 36.3 Å². The first-order chi connectivity index (χ1) is 8.65. The Morgan fingerprint density at radius 3 is 2.44 bits per heavy atom. The summed E-state index contributed by atoms with van der Waals surface area (Å²) in [5, 5.41) is 2.79. The van der Waals surface area contributed by atoms with Crippen molar-refractivity contribution >= 4 is 11.6 Å². The number of imidazole rings is 1. The molecule has 0 bridgehead atoms. The second-order valence-corrected chi connectivity index (χ2v) is 4.27. The minimum absolute atomic E-state index is 0.138. The number of halogens is 3. The lowest BCUT2D eigenvalue weighted by Gasteiger charge is -2.09. The van der Waals surface area contributed by atoms with Gasteiger partial charge in [0.2, 0.25) is 5.95 Å². The van der Waals surface area contributed by atoms with Crippen molar-refractivity contribution in [2.45, 2.75) is 18.9 Å². The number of benzene rings is 1. The molecule has 3 nitrogen and oxygen atoms in total. The molecule has 1 saturated carbocycles. The summed E-state index contributed by atoms with van der Waals surface area (Å²) < 4.78 is 40.8. The highest BCUT2D eigenvalue weighted by Crippen LogP contribution is 2.37. The van der Waals surface area contributed by atoms with Gasteiger partial charge in [0.05, 0.1) is 0 Å². The van der Waals surface area contributed by atoms with E-state index in [1.54, 1.807) is 12.4 Å². The maximum Gasteiger partial charge on any atom is 0.207 e. The fraction of sp³-hybridized carbons (Fsp3) is 0.250. The van der Waals surface area contributed by atoms with Crippen LogP contribution in [0.4, 0.5) is 24.8 Å². The van der Waals surface area contributed by atoms with E-state index in [1.165, 1.54) is 0 Å².